The molecule has 0 radical (unpaired) electrons. The first-order valence-corrected chi connectivity index (χ1v) is 9.85. The second-order valence-electron chi connectivity index (χ2n) is 6.83. The number of carbonyl (C=O) groups excluding carboxylic acids is 1. The second-order valence-corrected chi connectivity index (χ2v) is 8.99. The molecule has 1 aromatic rings. The molecule has 23 heavy (non-hydrogen) atoms. The average molecular weight is 337 g/mol. The molecule has 1 amide bonds. The maximum absolute atomic E-state index is 12.8. The van der Waals surface area contributed by atoms with Gasteiger partial charge >= 0.3 is 0 Å². The van der Waals surface area contributed by atoms with Gasteiger partial charge in [0, 0.05) is 43.6 Å². The zero-order chi connectivity index (χ0) is 16.6. The summed E-state index contributed by atoms with van der Waals surface area (Å²) in [5.74, 6) is 0.609. The lowest BCUT2D eigenvalue weighted by molar-refractivity contribution is 0.0297. The molecule has 0 aliphatic carbocycles. The lowest BCUT2D eigenvalue weighted by atomic mass is 10.0. The lowest BCUT2D eigenvalue weighted by Gasteiger charge is -2.44. The first-order chi connectivity index (χ1) is 10.9. The highest BCUT2D eigenvalue weighted by Gasteiger charge is 2.48. The van der Waals surface area contributed by atoms with Crippen LogP contribution in [-0.2, 0) is 9.84 Å². The third kappa shape index (κ3) is 3.40. The van der Waals surface area contributed by atoms with E-state index in [0.29, 0.717) is 18.0 Å². The molecule has 2 saturated heterocycles. The Morgan fingerprint density at radius 3 is 2.52 bits per heavy atom. The van der Waals surface area contributed by atoms with Crippen LogP contribution >= 0.6 is 0 Å². The Labute approximate surface area is 137 Å². The highest BCUT2D eigenvalue weighted by molar-refractivity contribution is 7.91. The van der Waals surface area contributed by atoms with Gasteiger partial charge in [-0.2, -0.15) is 0 Å². The van der Waals surface area contributed by atoms with E-state index in [1.165, 1.54) is 0 Å². The normalized spacial score (nSPS) is 27.2. The lowest BCUT2D eigenvalue weighted by Crippen LogP contribution is -2.61. The van der Waals surface area contributed by atoms with E-state index in [1.807, 2.05) is 0 Å². The molecule has 0 aromatic carbocycles. The van der Waals surface area contributed by atoms with Crippen LogP contribution in [0.1, 0.15) is 24.2 Å². The molecule has 0 N–H and O–H groups in total. The summed E-state index contributed by atoms with van der Waals surface area (Å²) in [6.45, 7) is 6.43. The van der Waals surface area contributed by atoms with Crippen molar-refractivity contribution in [1.29, 1.82) is 0 Å². The van der Waals surface area contributed by atoms with Crippen molar-refractivity contribution in [3.63, 3.8) is 0 Å². The van der Waals surface area contributed by atoms with Crippen molar-refractivity contribution >= 4 is 15.7 Å². The van der Waals surface area contributed by atoms with E-state index in [1.54, 1.807) is 29.4 Å². The molecule has 126 valence electrons. The Morgan fingerprint density at radius 2 is 1.87 bits per heavy atom. The Kier molecular flexibility index (Phi) is 4.42. The van der Waals surface area contributed by atoms with E-state index in [0.717, 1.165) is 13.1 Å². The molecule has 2 fully saturated rings. The van der Waals surface area contributed by atoms with Gasteiger partial charge in [0.25, 0.3) is 5.91 Å². The summed E-state index contributed by atoms with van der Waals surface area (Å²) in [6.07, 6.45) is 3.18. The van der Waals surface area contributed by atoms with Gasteiger partial charge in [-0.05, 0) is 18.1 Å². The van der Waals surface area contributed by atoms with Crippen molar-refractivity contribution in [2.24, 2.45) is 5.92 Å². The third-order valence-electron chi connectivity index (χ3n) is 4.58. The van der Waals surface area contributed by atoms with E-state index in [-0.39, 0.29) is 29.5 Å². The van der Waals surface area contributed by atoms with Crippen LogP contribution in [-0.4, -0.2) is 72.3 Å². The second kappa shape index (κ2) is 6.20. The van der Waals surface area contributed by atoms with Crippen LogP contribution in [0.15, 0.2) is 24.5 Å². The molecule has 0 bridgehead atoms. The predicted molar refractivity (Wildman–Crippen MR) is 87.9 cm³/mol. The summed E-state index contributed by atoms with van der Waals surface area (Å²) in [4.78, 5) is 20.7. The van der Waals surface area contributed by atoms with Crippen LogP contribution < -0.4 is 0 Å². The number of fused-ring (bicyclic) bond motifs is 1. The molecule has 7 heteroatoms. The summed E-state index contributed by atoms with van der Waals surface area (Å²) >= 11 is 0. The molecule has 3 rings (SSSR count). The minimum absolute atomic E-state index is 0.0725. The highest BCUT2D eigenvalue weighted by Crippen LogP contribution is 2.28. The number of rotatable bonds is 3. The molecular weight excluding hydrogens is 314 g/mol. The molecule has 3 heterocycles. The number of amides is 1. The van der Waals surface area contributed by atoms with Crippen LogP contribution in [0.4, 0.5) is 0 Å². The van der Waals surface area contributed by atoms with Crippen molar-refractivity contribution in [1.82, 2.24) is 14.8 Å². The van der Waals surface area contributed by atoms with Gasteiger partial charge in [-0.3, -0.25) is 14.7 Å². The molecule has 2 aliphatic rings. The van der Waals surface area contributed by atoms with Crippen molar-refractivity contribution < 1.29 is 13.2 Å². The summed E-state index contributed by atoms with van der Waals surface area (Å²) < 4.78 is 24.3. The fourth-order valence-electron chi connectivity index (χ4n) is 3.63. The molecule has 2 aliphatic heterocycles. The maximum Gasteiger partial charge on any atom is 0.254 e. The van der Waals surface area contributed by atoms with Gasteiger partial charge in [-0.25, -0.2) is 8.42 Å². The number of nitrogens with zero attached hydrogens (tertiary/aromatic N) is 3. The van der Waals surface area contributed by atoms with Gasteiger partial charge < -0.3 is 4.90 Å². The van der Waals surface area contributed by atoms with E-state index in [4.69, 9.17) is 0 Å². The molecule has 0 saturated carbocycles. The first-order valence-electron chi connectivity index (χ1n) is 8.03. The van der Waals surface area contributed by atoms with Gasteiger partial charge in [-0.15, -0.1) is 0 Å². The molecule has 2 unspecified atom stereocenters. The monoisotopic (exact) mass is 337 g/mol. The minimum Gasteiger partial charge on any atom is -0.332 e. The van der Waals surface area contributed by atoms with Gasteiger partial charge in [0.1, 0.15) is 0 Å². The Balaban J connectivity index is 1.85. The summed E-state index contributed by atoms with van der Waals surface area (Å²) in [7, 11) is -3.09. The third-order valence-corrected chi connectivity index (χ3v) is 6.28. The van der Waals surface area contributed by atoms with Crippen LogP contribution in [0.3, 0.4) is 0 Å². The molecule has 1 aromatic heterocycles. The van der Waals surface area contributed by atoms with Crippen molar-refractivity contribution in [2.45, 2.75) is 25.9 Å². The van der Waals surface area contributed by atoms with Crippen molar-refractivity contribution in [3.05, 3.63) is 30.1 Å². The minimum atomic E-state index is -3.09. The summed E-state index contributed by atoms with van der Waals surface area (Å²) in [5, 5.41) is 0. The van der Waals surface area contributed by atoms with Crippen LogP contribution in [0.25, 0.3) is 0 Å². The average Bonchev–Trinajstić information content (AvgIpc) is 2.83. The summed E-state index contributed by atoms with van der Waals surface area (Å²) in [6, 6.07) is 3.04. The smallest absolute Gasteiger partial charge is 0.254 e. The predicted octanol–water partition coefficient (Wildman–Crippen LogP) is 0.661. The van der Waals surface area contributed by atoms with E-state index in [2.05, 4.69) is 23.7 Å². The van der Waals surface area contributed by atoms with Gasteiger partial charge in [0.2, 0.25) is 0 Å². The number of sulfone groups is 1. The number of pyridine rings is 1. The Bertz CT molecular complexity index is 675. The van der Waals surface area contributed by atoms with E-state index < -0.39 is 9.84 Å². The molecular formula is C16H23N3O3S. The van der Waals surface area contributed by atoms with Crippen molar-refractivity contribution in [2.75, 3.05) is 31.1 Å². The topological polar surface area (TPSA) is 70.6 Å². The summed E-state index contributed by atoms with van der Waals surface area (Å²) in [5.41, 5.74) is 0.570. The van der Waals surface area contributed by atoms with Gasteiger partial charge in [0.05, 0.1) is 17.5 Å². The van der Waals surface area contributed by atoms with E-state index in [9.17, 15) is 13.2 Å². The Hall–Kier alpha value is -1.47. The molecule has 6 nitrogen and oxygen atoms in total. The SMILES string of the molecule is CC(C)CN1CCN(C(=O)c2ccncc2)C2CS(=O)(=O)CC21. The van der Waals surface area contributed by atoms with Gasteiger partial charge in [0.15, 0.2) is 9.84 Å². The zero-order valence-electron chi connectivity index (χ0n) is 13.6. The highest BCUT2D eigenvalue weighted by atomic mass is 32.2. The standard InChI is InChI=1S/C16H23N3O3S/c1-12(2)9-18-7-8-19(15-11-23(21,22)10-14(15)18)16(20)13-3-5-17-6-4-13/h3-6,12,14-15H,7-11H2,1-2H3. The van der Waals surface area contributed by atoms with Gasteiger partial charge in [-0.1, -0.05) is 13.8 Å². The van der Waals surface area contributed by atoms with Crippen LogP contribution in [0.2, 0.25) is 0 Å². The van der Waals surface area contributed by atoms with Crippen molar-refractivity contribution in [3.8, 4) is 0 Å². The first kappa shape index (κ1) is 16.4. The molecule has 2 atom stereocenters. The Morgan fingerprint density at radius 1 is 1.22 bits per heavy atom. The number of aromatic nitrogens is 1. The number of hydrogen-bond acceptors (Lipinski definition) is 5. The fraction of sp³-hybridized carbons (Fsp3) is 0.625. The number of hydrogen-bond donors (Lipinski definition) is 0. The quantitative estimate of drug-likeness (QED) is 0.810. The largest absolute Gasteiger partial charge is 0.332 e. The van der Waals surface area contributed by atoms with Crippen LogP contribution in [0, 0.1) is 5.92 Å². The van der Waals surface area contributed by atoms with E-state index >= 15 is 0 Å². The number of carbonyl (C=O) groups is 1. The number of piperazine rings is 1. The fourth-order valence-corrected chi connectivity index (χ4v) is 5.64. The zero-order valence-corrected chi connectivity index (χ0v) is 14.4. The van der Waals surface area contributed by atoms with Crippen LogP contribution in [0.5, 0.6) is 0 Å². The maximum atomic E-state index is 12.8. The molecule has 0 spiro atoms.